The maximum Gasteiger partial charge on any atom is 0.339 e. The SMILES string of the molecule is CC.CC.CC.COC(=O)c1cccc2c1Nc1ccc(C)cc1C2. The molecule has 0 atom stereocenters. The number of methoxy groups -OCH3 is 1. The number of esters is 1. The molecule has 1 aliphatic heterocycles. The summed E-state index contributed by atoms with van der Waals surface area (Å²) in [6.07, 6.45) is 0.837. The van der Waals surface area contributed by atoms with Crippen LogP contribution in [0.3, 0.4) is 0 Å². The molecule has 2 aromatic rings. The summed E-state index contributed by atoms with van der Waals surface area (Å²) in [5.41, 5.74) is 6.15. The summed E-state index contributed by atoms with van der Waals surface area (Å²) in [7, 11) is 1.40. The summed E-state index contributed by atoms with van der Waals surface area (Å²) >= 11 is 0. The number of nitrogens with one attached hydrogen (secondary N) is 1. The molecule has 1 N–H and O–H groups in total. The van der Waals surface area contributed by atoms with Crippen molar-refractivity contribution in [3.8, 4) is 0 Å². The van der Waals surface area contributed by atoms with E-state index in [9.17, 15) is 4.79 Å². The number of hydrogen-bond donors (Lipinski definition) is 1. The van der Waals surface area contributed by atoms with Gasteiger partial charge in [-0.25, -0.2) is 4.79 Å². The zero-order valence-electron chi connectivity index (χ0n) is 17.0. The molecule has 0 aromatic heterocycles. The summed E-state index contributed by atoms with van der Waals surface area (Å²) < 4.78 is 4.83. The number of benzene rings is 2. The van der Waals surface area contributed by atoms with Gasteiger partial charge in [-0.05, 0) is 30.2 Å². The molecule has 3 nitrogen and oxygen atoms in total. The number of anilines is 2. The number of carbonyl (C=O) groups excluding carboxylic acids is 1. The van der Waals surface area contributed by atoms with E-state index >= 15 is 0 Å². The van der Waals surface area contributed by atoms with E-state index in [1.807, 2.05) is 53.7 Å². The molecule has 2 aromatic carbocycles. The van der Waals surface area contributed by atoms with Gasteiger partial charge in [-0.2, -0.15) is 0 Å². The number of ether oxygens (including phenoxy) is 1. The van der Waals surface area contributed by atoms with E-state index in [0.717, 1.165) is 23.4 Å². The van der Waals surface area contributed by atoms with Gasteiger partial charge in [0.05, 0.1) is 18.4 Å². The van der Waals surface area contributed by atoms with E-state index in [1.165, 1.54) is 18.2 Å². The molecule has 0 bridgehead atoms. The van der Waals surface area contributed by atoms with E-state index < -0.39 is 0 Å². The highest BCUT2D eigenvalue weighted by Gasteiger charge is 2.20. The quantitative estimate of drug-likeness (QED) is 0.512. The van der Waals surface area contributed by atoms with Crippen LogP contribution in [0.4, 0.5) is 11.4 Å². The van der Waals surface area contributed by atoms with Crippen molar-refractivity contribution >= 4 is 17.3 Å². The maximum absolute atomic E-state index is 11.8. The van der Waals surface area contributed by atoms with Gasteiger partial charge in [-0.3, -0.25) is 0 Å². The van der Waals surface area contributed by atoms with E-state index in [-0.39, 0.29) is 5.97 Å². The number of fused-ring (bicyclic) bond motifs is 2. The zero-order valence-corrected chi connectivity index (χ0v) is 17.0. The minimum Gasteiger partial charge on any atom is -0.465 e. The van der Waals surface area contributed by atoms with Crippen LogP contribution in [0.25, 0.3) is 0 Å². The number of rotatable bonds is 1. The van der Waals surface area contributed by atoms with Crippen molar-refractivity contribution in [1.29, 1.82) is 0 Å². The van der Waals surface area contributed by atoms with Crippen molar-refractivity contribution in [2.24, 2.45) is 0 Å². The van der Waals surface area contributed by atoms with Crippen LogP contribution in [0.1, 0.15) is 68.6 Å². The third-order valence-electron chi connectivity index (χ3n) is 3.46. The van der Waals surface area contributed by atoms with E-state index in [1.54, 1.807) is 6.07 Å². The van der Waals surface area contributed by atoms with Crippen molar-refractivity contribution in [2.45, 2.75) is 54.9 Å². The van der Waals surface area contributed by atoms with Crippen molar-refractivity contribution in [3.63, 3.8) is 0 Å². The van der Waals surface area contributed by atoms with Crippen LogP contribution >= 0.6 is 0 Å². The maximum atomic E-state index is 11.8. The second-order valence-electron chi connectivity index (χ2n) is 4.79. The first kappa shape index (κ1) is 22.7. The Morgan fingerprint density at radius 2 is 1.60 bits per heavy atom. The third kappa shape index (κ3) is 5.63. The molecule has 0 saturated heterocycles. The first-order chi connectivity index (χ1) is 12.2. The van der Waals surface area contributed by atoms with E-state index in [2.05, 4.69) is 30.4 Å². The molecule has 25 heavy (non-hydrogen) atoms. The molecule has 1 heterocycles. The van der Waals surface area contributed by atoms with Crippen molar-refractivity contribution in [3.05, 3.63) is 58.7 Å². The Hall–Kier alpha value is -2.29. The van der Waals surface area contributed by atoms with Gasteiger partial charge in [0.25, 0.3) is 0 Å². The molecule has 0 saturated carbocycles. The fourth-order valence-electron chi connectivity index (χ4n) is 2.51. The van der Waals surface area contributed by atoms with Crippen LogP contribution in [-0.4, -0.2) is 13.1 Å². The Morgan fingerprint density at radius 1 is 0.960 bits per heavy atom. The summed E-state index contributed by atoms with van der Waals surface area (Å²) in [5, 5.41) is 3.35. The Morgan fingerprint density at radius 3 is 2.20 bits per heavy atom. The number of carbonyl (C=O) groups is 1. The monoisotopic (exact) mass is 343 g/mol. The second-order valence-corrected chi connectivity index (χ2v) is 4.79. The molecule has 0 aliphatic carbocycles. The van der Waals surface area contributed by atoms with Crippen LogP contribution in [0.15, 0.2) is 36.4 Å². The molecule has 3 rings (SSSR count). The van der Waals surface area contributed by atoms with Gasteiger partial charge in [0, 0.05) is 12.1 Å². The first-order valence-corrected chi connectivity index (χ1v) is 9.26. The van der Waals surface area contributed by atoms with Gasteiger partial charge in [0.1, 0.15) is 0 Å². The molecule has 0 spiro atoms. The number of aryl methyl sites for hydroxylation is 1. The summed E-state index contributed by atoms with van der Waals surface area (Å²) in [4.78, 5) is 11.8. The fraction of sp³-hybridized carbons (Fsp3) is 0.409. The predicted molar refractivity (Wildman–Crippen MR) is 109 cm³/mol. The van der Waals surface area contributed by atoms with Gasteiger partial charge < -0.3 is 10.1 Å². The summed E-state index contributed by atoms with van der Waals surface area (Å²) in [5.74, 6) is -0.306. The van der Waals surface area contributed by atoms with Gasteiger partial charge >= 0.3 is 5.97 Å². The largest absolute Gasteiger partial charge is 0.465 e. The molecule has 0 fully saturated rings. The Kier molecular flexibility index (Phi) is 11.0. The lowest BCUT2D eigenvalue weighted by Gasteiger charge is -2.23. The smallest absolute Gasteiger partial charge is 0.339 e. The van der Waals surface area contributed by atoms with E-state index in [4.69, 9.17) is 4.74 Å². The lowest BCUT2D eigenvalue weighted by molar-refractivity contribution is 0.0602. The molecular formula is C22H33NO2. The van der Waals surface area contributed by atoms with Crippen LogP contribution in [-0.2, 0) is 11.2 Å². The minimum absolute atomic E-state index is 0.306. The molecule has 138 valence electrons. The first-order valence-electron chi connectivity index (χ1n) is 9.26. The van der Waals surface area contributed by atoms with E-state index in [0.29, 0.717) is 5.56 Å². The van der Waals surface area contributed by atoms with Crippen molar-refractivity contribution in [1.82, 2.24) is 0 Å². The standard InChI is InChI=1S/C16H15NO2.3C2H6/c1-10-6-7-14-12(8-10)9-11-4-3-5-13(15(11)17-14)16(18)19-2;3*1-2/h3-8,17H,9H2,1-2H3;3*1-2H3. The average molecular weight is 344 g/mol. The average Bonchev–Trinajstić information content (AvgIpc) is 2.70. The lowest BCUT2D eigenvalue weighted by Crippen LogP contribution is -2.13. The Labute approximate surface area is 153 Å². The van der Waals surface area contributed by atoms with Crippen molar-refractivity contribution in [2.75, 3.05) is 12.4 Å². The molecule has 3 heteroatoms. The zero-order chi connectivity index (χ0) is 19.4. The topological polar surface area (TPSA) is 38.3 Å². The normalized spacial score (nSPS) is 9.92. The predicted octanol–water partition coefficient (Wildman–Crippen LogP) is 6.51. The molecule has 1 aliphatic rings. The van der Waals surface area contributed by atoms with Gasteiger partial charge in [-0.1, -0.05) is 71.4 Å². The summed E-state index contributed by atoms with van der Waals surface area (Å²) in [6.45, 7) is 14.1. The Balaban J connectivity index is 0.000000871. The molecule has 0 radical (unpaired) electrons. The highest BCUT2D eigenvalue weighted by Crippen LogP contribution is 2.35. The second kappa shape index (κ2) is 12.1. The lowest BCUT2D eigenvalue weighted by atomic mass is 9.94. The third-order valence-corrected chi connectivity index (χ3v) is 3.46. The van der Waals surface area contributed by atoms with Crippen LogP contribution < -0.4 is 5.32 Å². The van der Waals surface area contributed by atoms with Crippen molar-refractivity contribution < 1.29 is 9.53 Å². The van der Waals surface area contributed by atoms with Gasteiger partial charge in [0.2, 0.25) is 0 Å². The number of para-hydroxylation sites is 1. The highest BCUT2D eigenvalue weighted by atomic mass is 16.5. The highest BCUT2D eigenvalue weighted by molar-refractivity contribution is 5.98. The fourth-order valence-corrected chi connectivity index (χ4v) is 2.51. The van der Waals surface area contributed by atoms with Crippen LogP contribution in [0, 0.1) is 6.92 Å². The van der Waals surface area contributed by atoms with Gasteiger partial charge in [-0.15, -0.1) is 0 Å². The Bertz CT molecular complexity index is 663. The summed E-state index contributed by atoms with van der Waals surface area (Å²) in [6, 6.07) is 12.0. The molecular weight excluding hydrogens is 310 g/mol. The van der Waals surface area contributed by atoms with Gasteiger partial charge in [0.15, 0.2) is 0 Å². The molecule has 0 unspecified atom stereocenters. The van der Waals surface area contributed by atoms with Crippen LogP contribution in [0.5, 0.6) is 0 Å². The minimum atomic E-state index is -0.306. The molecule has 0 amide bonds. The van der Waals surface area contributed by atoms with Crippen LogP contribution in [0.2, 0.25) is 0 Å². The number of hydrogen-bond acceptors (Lipinski definition) is 3.